The van der Waals surface area contributed by atoms with Crippen LogP contribution in [-0.2, 0) is 11.3 Å². The molecule has 1 fully saturated rings. The van der Waals surface area contributed by atoms with Crippen LogP contribution in [0.2, 0.25) is 0 Å². The van der Waals surface area contributed by atoms with Crippen LogP contribution in [0.1, 0.15) is 33.6 Å². The molecule has 0 unspecified atom stereocenters. The van der Waals surface area contributed by atoms with Gasteiger partial charge in [-0.25, -0.2) is 0 Å². The predicted molar refractivity (Wildman–Crippen MR) is 76.4 cm³/mol. The molecular formula is C14H21F3N4O. The summed E-state index contributed by atoms with van der Waals surface area (Å²) in [6.07, 6.45) is -1.05. The number of anilines is 1. The second-order valence-corrected chi connectivity index (χ2v) is 5.90. The van der Waals surface area contributed by atoms with Crippen molar-refractivity contribution < 1.29 is 18.0 Å². The first-order valence-electron chi connectivity index (χ1n) is 7.36. The number of nitrogens with zero attached hydrogens (tertiary/aromatic N) is 3. The van der Waals surface area contributed by atoms with Gasteiger partial charge in [0.2, 0.25) is 5.91 Å². The Morgan fingerprint density at radius 3 is 2.55 bits per heavy atom. The van der Waals surface area contributed by atoms with E-state index < -0.39 is 12.7 Å². The molecule has 3 atom stereocenters. The first-order valence-corrected chi connectivity index (χ1v) is 7.36. The number of hydrogen-bond donors (Lipinski definition) is 1. The van der Waals surface area contributed by atoms with Crippen molar-refractivity contribution in [3.63, 3.8) is 0 Å². The maximum atomic E-state index is 12.3. The summed E-state index contributed by atoms with van der Waals surface area (Å²) in [5, 5.41) is 6.31. The van der Waals surface area contributed by atoms with Gasteiger partial charge in [0.1, 0.15) is 6.54 Å². The number of likely N-dealkylation sites (tertiary alicyclic amines) is 1. The van der Waals surface area contributed by atoms with Crippen LogP contribution in [0.3, 0.4) is 0 Å². The molecule has 1 aromatic heterocycles. The molecule has 0 radical (unpaired) electrons. The summed E-state index contributed by atoms with van der Waals surface area (Å²) in [5.41, 5.74) is 0. The molecule has 5 nitrogen and oxygen atoms in total. The number of carbonyl (C=O) groups excluding carboxylic acids is 1. The fourth-order valence-electron chi connectivity index (χ4n) is 3.04. The highest BCUT2D eigenvalue weighted by Gasteiger charge is 2.34. The number of carbonyl (C=O) groups is 1. The smallest absolute Gasteiger partial charge is 0.308 e. The Balaban J connectivity index is 1.97. The van der Waals surface area contributed by atoms with Crippen LogP contribution in [0.25, 0.3) is 0 Å². The summed E-state index contributed by atoms with van der Waals surface area (Å²) in [4.78, 5) is 14.4. The van der Waals surface area contributed by atoms with Gasteiger partial charge in [0.25, 0.3) is 0 Å². The average Bonchev–Trinajstić information content (AvgIpc) is 2.94. The highest BCUT2D eigenvalue weighted by atomic mass is 19.4. The fourth-order valence-corrected chi connectivity index (χ4v) is 3.04. The van der Waals surface area contributed by atoms with Crippen molar-refractivity contribution in [2.75, 3.05) is 5.32 Å². The van der Waals surface area contributed by atoms with Crippen molar-refractivity contribution in [2.24, 2.45) is 0 Å². The normalized spacial score (nSPS) is 24.5. The zero-order valence-corrected chi connectivity index (χ0v) is 12.9. The van der Waals surface area contributed by atoms with E-state index in [0.717, 1.165) is 17.5 Å². The zero-order chi connectivity index (χ0) is 16.5. The predicted octanol–water partition coefficient (Wildman–Crippen LogP) is 2.65. The van der Waals surface area contributed by atoms with Crippen LogP contribution < -0.4 is 5.32 Å². The monoisotopic (exact) mass is 318 g/mol. The summed E-state index contributed by atoms with van der Waals surface area (Å²) in [6, 6.07) is 1.66. The Morgan fingerprint density at radius 1 is 1.41 bits per heavy atom. The summed E-state index contributed by atoms with van der Waals surface area (Å²) >= 11 is 0. The van der Waals surface area contributed by atoms with Gasteiger partial charge >= 0.3 is 6.18 Å². The largest absolute Gasteiger partial charge is 0.408 e. The topological polar surface area (TPSA) is 50.2 Å². The molecule has 1 aromatic rings. The fraction of sp³-hybridized carbons (Fsp3) is 0.714. The standard InChI is InChI=1S/C14H21F3N4O/c1-9-4-5-10(2)21(9)11(3)13(22)18-12-6-7-20(19-12)8-14(15,16)17/h6-7,9-11H,4-5,8H2,1-3H3,(H,18,19,22)/t9-,10+,11-/m1/s1. The van der Waals surface area contributed by atoms with E-state index in [1.807, 2.05) is 0 Å². The molecule has 0 spiro atoms. The molecule has 2 rings (SSSR count). The Morgan fingerprint density at radius 2 is 2.00 bits per heavy atom. The van der Waals surface area contributed by atoms with Crippen molar-refractivity contribution in [1.29, 1.82) is 0 Å². The van der Waals surface area contributed by atoms with Crippen molar-refractivity contribution >= 4 is 11.7 Å². The summed E-state index contributed by atoms with van der Waals surface area (Å²) in [7, 11) is 0. The SMILES string of the molecule is C[C@@H]1CC[C@H](C)N1[C@H](C)C(=O)Nc1ccn(CC(F)(F)F)n1. The number of amides is 1. The third-order valence-electron chi connectivity index (χ3n) is 4.08. The van der Waals surface area contributed by atoms with E-state index in [1.165, 1.54) is 12.3 Å². The van der Waals surface area contributed by atoms with Crippen LogP contribution in [0.4, 0.5) is 19.0 Å². The minimum Gasteiger partial charge on any atom is -0.308 e. The van der Waals surface area contributed by atoms with E-state index in [4.69, 9.17) is 0 Å². The van der Waals surface area contributed by atoms with E-state index in [1.54, 1.807) is 6.92 Å². The lowest BCUT2D eigenvalue weighted by atomic mass is 10.2. The molecule has 0 aliphatic carbocycles. The first-order chi connectivity index (χ1) is 10.2. The molecule has 22 heavy (non-hydrogen) atoms. The highest BCUT2D eigenvalue weighted by molar-refractivity contribution is 5.93. The van der Waals surface area contributed by atoms with Gasteiger partial charge in [0.15, 0.2) is 5.82 Å². The second kappa shape index (κ2) is 6.28. The molecule has 8 heteroatoms. The summed E-state index contributed by atoms with van der Waals surface area (Å²) < 4.78 is 37.6. The third kappa shape index (κ3) is 4.00. The van der Waals surface area contributed by atoms with E-state index in [2.05, 4.69) is 29.2 Å². The van der Waals surface area contributed by atoms with E-state index >= 15 is 0 Å². The summed E-state index contributed by atoms with van der Waals surface area (Å²) in [6.45, 7) is 4.79. The lowest BCUT2D eigenvalue weighted by Crippen LogP contribution is -2.46. The van der Waals surface area contributed by atoms with Gasteiger partial charge in [-0.15, -0.1) is 0 Å². The number of alkyl halides is 3. The highest BCUT2D eigenvalue weighted by Crippen LogP contribution is 2.26. The van der Waals surface area contributed by atoms with Crippen LogP contribution in [0.5, 0.6) is 0 Å². The number of aromatic nitrogens is 2. The van der Waals surface area contributed by atoms with Crippen molar-refractivity contribution in [1.82, 2.24) is 14.7 Å². The van der Waals surface area contributed by atoms with Gasteiger partial charge in [-0.3, -0.25) is 14.4 Å². The number of hydrogen-bond acceptors (Lipinski definition) is 3. The maximum absolute atomic E-state index is 12.3. The molecule has 1 aliphatic rings. The quantitative estimate of drug-likeness (QED) is 0.928. The molecule has 0 bridgehead atoms. The van der Waals surface area contributed by atoms with E-state index in [-0.39, 0.29) is 17.8 Å². The molecule has 124 valence electrons. The number of nitrogens with one attached hydrogen (secondary N) is 1. The van der Waals surface area contributed by atoms with Gasteiger partial charge < -0.3 is 5.32 Å². The van der Waals surface area contributed by atoms with Crippen molar-refractivity contribution in [3.05, 3.63) is 12.3 Å². The molecule has 1 saturated heterocycles. The van der Waals surface area contributed by atoms with Crippen LogP contribution in [0, 0.1) is 0 Å². The van der Waals surface area contributed by atoms with Gasteiger partial charge in [-0.1, -0.05) is 0 Å². The first kappa shape index (κ1) is 16.8. The number of halogens is 3. The number of rotatable bonds is 4. The van der Waals surface area contributed by atoms with E-state index in [0.29, 0.717) is 12.1 Å². The van der Waals surface area contributed by atoms with Gasteiger partial charge in [-0.2, -0.15) is 18.3 Å². The Bertz CT molecular complexity index is 518. The molecule has 0 saturated carbocycles. The van der Waals surface area contributed by atoms with Crippen LogP contribution in [0.15, 0.2) is 12.3 Å². The van der Waals surface area contributed by atoms with E-state index in [9.17, 15) is 18.0 Å². The van der Waals surface area contributed by atoms with Crippen molar-refractivity contribution in [2.45, 2.75) is 64.5 Å². The molecule has 2 heterocycles. The average molecular weight is 318 g/mol. The minimum atomic E-state index is -4.33. The molecule has 0 aromatic carbocycles. The Labute approximate surface area is 127 Å². The lowest BCUT2D eigenvalue weighted by Gasteiger charge is -2.31. The van der Waals surface area contributed by atoms with Gasteiger partial charge in [-0.05, 0) is 33.6 Å². The molecule has 1 N–H and O–H groups in total. The second-order valence-electron chi connectivity index (χ2n) is 5.90. The van der Waals surface area contributed by atoms with Crippen LogP contribution >= 0.6 is 0 Å². The lowest BCUT2D eigenvalue weighted by molar-refractivity contribution is -0.142. The zero-order valence-electron chi connectivity index (χ0n) is 12.9. The molecular weight excluding hydrogens is 297 g/mol. The molecule has 1 aliphatic heterocycles. The maximum Gasteiger partial charge on any atom is 0.408 e. The summed E-state index contributed by atoms with van der Waals surface area (Å²) in [5.74, 6) is -0.113. The minimum absolute atomic E-state index is 0.139. The Kier molecular flexibility index (Phi) is 4.79. The Hall–Kier alpha value is -1.57. The van der Waals surface area contributed by atoms with Gasteiger partial charge in [0.05, 0.1) is 6.04 Å². The van der Waals surface area contributed by atoms with Crippen molar-refractivity contribution in [3.8, 4) is 0 Å². The van der Waals surface area contributed by atoms with Gasteiger partial charge in [0, 0.05) is 24.3 Å². The third-order valence-corrected chi connectivity index (χ3v) is 4.08. The van der Waals surface area contributed by atoms with Crippen LogP contribution in [-0.4, -0.2) is 44.9 Å². The molecule has 1 amide bonds.